The second kappa shape index (κ2) is 10.4. The number of alkyl halides is 3. The molecule has 1 aliphatic rings. The summed E-state index contributed by atoms with van der Waals surface area (Å²) in [7, 11) is 0. The fourth-order valence-corrected chi connectivity index (χ4v) is 4.24. The Hall–Kier alpha value is -3.16. The number of fused-ring (bicyclic) bond motifs is 1. The lowest BCUT2D eigenvalue weighted by molar-refractivity contribution is -0.137. The van der Waals surface area contributed by atoms with Crippen molar-refractivity contribution in [3.8, 4) is 5.75 Å². The molecule has 178 valence electrons. The van der Waals surface area contributed by atoms with Gasteiger partial charge in [-0.05, 0) is 66.3 Å². The van der Waals surface area contributed by atoms with Gasteiger partial charge in [0.1, 0.15) is 5.75 Å². The maximum absolute atomic E-state index is 12.9. The van der Waals surface area contributed by atoms with Gasteiger partial charge in [-0.15, -0.1) is 0 Å². The number of hydrogen-bond donors (Lipinski definition) is 2. The van der Waals surface area contributed by atoms with Gasteiger partial charge in [0.2, 0.25) is 0 Å². The summed E-state index contributed by atoms with van der Waals surface area (Å²) in [5, 5.41) is 13.5. The van der Waals surface area contributed by atoms with E-state index in [1.165, 1.54) is 17.7 Å². The molecular weight excluding hydrogens is 443 g/mol. The van der Waals surface area contributed by atoms with Gasteiger partial charge in [-0.1, -0.05) is 48.5 Å². The Morgan fingerprint density at radius 3 is 2.53 bits per heavy atom. The lowest BCUT2D eigenvalue weighted by Crippen LogP contribution is -2.27. The molecule has 0 aliphatic heterocycles. The van der Waals surface area contributed by atoms with Crippen molar-refractivity contribution in [1.29, 1.82) is 0 Å². The van der Waals surface area contributed by atoms with Crippen LogP contribution in [0.25, 0.3) is 0 Å². The van der Waals surface area contributed by atoms with Gasteiger partial charge in [-0.3, -0.25) is 4.79 Å². The van der Waals surface area contributed by atoms with E-state index in [-0.39, 0.29) is 24.5 Å². The van der Waals surface area contributed by atoms with Crippen LogP contribution in [0.2, 0.25) is 0 Å². The van der Waals surface area contributed by atoms with E-state index in [1.807, 2.05) is 36.4 Å². The van der Waals surface area contributed by atoms with Crippen molar-refractivity contribution < 1.29 is 27.8 Å². The minimum Gasteiger partial charge on any atom is -0.485 e. The Balaban J connectivity index is 1.25. The first-order valence-corrected chi connectivity index (χ1v) is 11.2. The second-order valence-electron chi connectivity index (χ2n) is 8.58. The lowest BCUT2D eigenvalue weighted by atomic mass is 10.0. The summed E-state index contributed by atoms with van der Waals surface area (Å²) in [6, 6.07) is 19.6. The number of carbonyl (C=O) groups is 1. The van der Waals surface area contributed by atoms with Gasteiger partial charge in [-0.25, -0.2) is 0 Å². The molecule has 0 saturated carbocycles. The monoisotopic (exact) mass is 469 g/mol. The molecular formula is C27H26F3NO3. The van der Waals surface area contributed by atoms with Crippen LogP contribution in [0.15, 0.2) is 72.8 Å². The Labute approximate surface area is 196 Å². The average Bonchev–Trinajstić information content (AvgIpc) is 3.24. The van der Waals surface area contributed by atoms with Crippen molar-refractivity contribution in [2.24, 2.45) is 5.92 Å². The van der Waals surface area contributed by atoms with Gasteiger partial charge in [0.25, 0.3) is 0 Å². The van der Waals surface area contributed by atoms with Crippen LogP contribution in [0.4, 0.5) is 13.2 Å². The molecule has 34 heavy (non-hydrogen) atoms. The molecule has 7 heteroatoms. The van der Waals surface area contributed by atoms with E-state index in [1.54, 1.807) is 12.1 Å². The fraction of sp³-hybridized carbons (Fsp3) is 0.296. The van der Waals surface area contributed by atoms with E-state index in [2.05, 4.69) is 5.32 Å². The SMILES string of the molecule is O=C(COc1ccc2c(c1)CC(CNCC(O)c1cccc(C(F)(F)F)c1)C2)c1ccccc1. The molecule has 0 spiro atoms. The van der Waals surface area contributed by atoms with E-state index >= 15 is 0 Å². The van der Waals surface area contributed by atoms with Crippen LogP contribution in [0.1, 0.15) is 38.7 Å². The zero-order valence-corrected chi connectivity index (χ0v) is 18.5. The molecule has 0 aromatic heterocycles. The third-order valence-corrected chi connectivity index (χ3v) is 6.03. The molecule has 4 nitrogen and oxygen atoms in total. The summed E-state index contributed by atoms with van der Waals surface area (Å²) in [6.07, 6.45) is -3.76. The smallest absolute Gasteiger partial charge is 0.416 e. The highest BCUT2D eigenvalue weighted by Crippen LogP contribution is 2.31. The van der Waals surface area contributed by atoms with Gasteiger partial charge in [0, 0.05) is 12.1 Å². The van der Waals surface area contributed by atoms with Crippen molar-refractivity contribution in [3.63, 3.8) is 0 Å². The van der Waals surface area contributed by atoms with Gasteiger partial charge >= 0.3 is 6.18 Å². The molecule has 0 radical (unpaired) electrons. The Kier molecular flexibility index (Phi) is 7.34. The van der Waals surface area contributed by atoms with E-state index in [0.717, 1.165) is 30.5 Å². The molecule has 0 saturated heterocycles. The third kappa shape index (κ3) is 6.04. The van der Waals surface area contributed by atoms with Crippen molar-refractivity contribution in [1.82, 2.24) is 5.32 Å². The predicted molar refractivity (Wildman–Crippen MR) is 123 cm³/mol. The van der Waals surface area contributed by atoms with Crippen LogP contribution in [-0.4, -0.2) is 30.6 Å². The Morgan fingerprint density at radius 1 is 1.00 bits per heavy atom. The van der Waals surface area contributed by atoms with Crippen LogP contribution in [0.3, 0.4) is 0 Å². The van der Waals surface area contributed by atoms with E-state index < -0.39 is 17.8 Å². The Morgan fingerprint density at radius 2 is 1.76 bits per heavy atom. The number of ketones is 1. The first-order valence-electron chi connectivity index (χ1n) is 11.2. The van der Waals surface area contributed by atoms with Crippen LogP contribution >= 0.6 is 0 Å². The van der Waals surface area contributed by atoms with Crippen LogP contribution in [0, 0.1) is 5.92 Å². The van der Waals surface area contributed by atoms with E-state index in [9.17, 15) is 23.1 Å². The number of benzene rings is 3. The predicted octanol–water partition coefficient (Wildman–Crippen LogP) is 5.01. The van der Waals surface area contributed by atoms with Crippen molar-refractivity contribution >= 4 is 5.78 Å². The maximum atomic E-state index is 12.9. The first kappa shape index (κ1) is 24.0. The van der Waals surface area contributed by atoms with Gasteiger partial charge in [-0.2, -0.15) is 13.2 Å². The van der Waals surface area contributed by atoms with E-state index in [0.29, 0.717) is 23.8 Å². The summed E-state index contributed by atoms with van der Waals surface area (Å²) in [5.41, 5.74) is 2.46. The topological polar surface area (TPSA) is 58.6 Å². The molecule has 2 N–H and O–H groups in total. The second-order valence-corrected chi connectivity index (χ2v) is 8.58. The zero-order chi connectivity index (χ0) is 24.1. The van der Waals surface area contributed by atoms with Crippen molar-refractivity contribution in [2.45, 2.75) is 25.1 Å². The first-order chi connectivity index (χ1) is 16.3. The summed E-state index contributed by atoms with van der Waals surface area (Å²) in [5.74, 6) is 0.879. The normalized spacial score (nSPS) is 16.2. The number of aliphatic hydroxyl groups is 1. The summed E-state index contributed by atoms with van der Waals surface area (Å²) in [6.45, 7) is 0.776. The van der Waals surface area contributed by atoms with E-state index in [4.69, 9.17) is 4.74 Å². The summed E-state index contributed by atoms with van der Waals surface area (Å²) < 4.78 is 44.4. The summed E-state index contributed by atoms with van der Waals surface area (Å²) >= 11 is 0. The summed E-state index contributed by atoms with van der Waals surface area (Å²) in [4.78, 5) is 12.2. The maximum Gasteiger partial charge on any atom is 0.416 e. The number of hydrogen-bond acceptors (Lipinski definition) is 4. The highest BCUT2D eigenvalue weighted by Gasteiger charge is 2.31. The zero-order valence-electron chi connectivity index (χ0n) is 18.5. The lowest BCUT2D eigenvalue weighted by Gasteiger charge is -2.16. The number of carbonyl (C=O) groups excluding carboxylic acids is 1. The molecule has 3 aromatic carbocycles. The Bertz CT molecular complexity index is 1130. The minimum atomic E-state index is -4.43. The average molecular weight is 470 g/mol. The molecule has 3 aromatic rings. The highest BCUT2D eigenvalue weighted by molar-refractivity contribution is 5.97. The van der Waals surface area contributed by atoms with Crippen molar-refractivity contribution in [3.05, 3.63) is 101 Å². The standard InChI is InChI=1S/C27H26F3NO3/c28-27(29,30)23-8-4-7-21(13-23)25(32)16-31-15-18-11-20-9-10-24(14-22(20)12-18)34-17-26(33)19-5-2-1-3-6-19/h1-10,13-14,18,25,31-32H,11-12,15-17H2. The molecule has 4 rings (SSSR count). The molecule has 2 unspecified atom stereocenters. The van der Waals surface area contributed by atoms with Crippen molar-refractivity contribution in [2.75, 3.05) is 19.7 Å². The number of rotatable bonds is 9. The number of nitrogens with one attached hydrogen (secondary N) is 1. The molecule has 2 atom stereocenters. The minimum absolute atomic E-state index is 0.0266. The molecule has 1 aliphatic carbocycles. The number of halogens is 3. The fourth-order valence-electron chi connectivity index (χ4n) is 4.24. The molecule has 0 bridgehead atoms. The molecule has 0 fully saturated rings. The van der Waals surface area contributed by atoms with Crippen LogP contribution < -0.4 is 10.1 Å². The number of ether oxygens (including phenoxy) is 1. The molecule has 0 heterocycles. The number of Topliss-reactive ketones (excluding diaryl/α,β-unsaturated/α-hetero) is 1. The van der Waals surface area contributed by atoms with Crippen LogP contribution in [0.5, 0.6) is 5.75 Å². The third-order valence-electron chi connectivity index (χ3n) is 6.03. The quantitative estimate of drug-likeness (QED) is 0.433. The number of aliphatic hydroxyl groups excluding tert-OH is 1. The van der Waals surface area contributed by atoms with Crippen LogP contribution in [-0.2, 0) is 19.0 Å². The van der Waals surface area contributed by atoms with Gasteiger partial charge in [0.15, 0.2) is 12.4 Å². The largest absolute Gasteiger partial charge is 0.485 e. The van der Waals surface area contributed by atoms with Gasteiger partial charge < -0.3 is 15.2 Å². The highest BCUT2D eigenvalue weighted by atomic mass is 19.4. The van der Waals surface area contributed by atoms with Gasteiger partial charge in [0.05, 0.1) is 11.7 Å². The molecule has 0 amide bonds.